The summed E-state index contributed by atoms with van der Waals surface area (Å²) >= 11 is 0. The van der Waals surface area contributed by atoms with Crippen LogP contribution in [-0.4, -0.2) is 48.0 Å². The van der Waals surface area contributed by atoms with E-state index in [0.717, 1.165) is 5.56 Å². The molecule has 1 aliphatic rings. The second-order valence-corrected chi connectivity index (χ2v) is 5.43. The van der Waals surface area contributed by atoms with Crippen molar-refractivity contribution in [2.24, 2.45) is 5.73 Å². The van der Waals surface area contributed by atoms with Gasteiger partial charge in [-0.3, -0.25) is 9.59 Å². The van der Waals surface area contributed by atoms with Gasteiger partial charge in [0, 0.05) is 0 Å². The van der Waals surface area contributed by atoms with Gasteiger partial charge in [-0.25, -0.2) is 9.59 Å². The molecule has 1 heterocycles. The van der Waals surface area contributed by atoms with Crippen LogP contribution in [0.15, 0.2) is 18.2 Å². The van der Waals surface area contributed by atoms with Gasteiger partial charge >= 0.3 is 11.9 Å². The number of carbonyl (C=O) groups is 4. The van der Waals surface area contributed by atoms with Gasteiger partial charge in [0.2, 0.25) is 11.8 Å². The number of ether oxygens (including phenoxy) is 1. The van der Waals surface area contributed by atoms with Crippen LogP contribution in [0.4, 0.5) is 5.69 Å². The largest absolute Gasteiger partial charge is 0.480 e. The molecule has 4 N–H and O–H groups in total. The Morgan fingerprint density at radius 1 is 1.42 bits per heavy atom. The predicted octanol–water partition coefficient (Wildman–Crippen LogP) is -0.835. The number of hydrogen-bond acceptors (Lipinski definition) is 6. The highest BCUT2D eigenvalue weighted by Crippen LogP contribution is 2.32. The number of hydrogen-bond donors (Lipinski definition) is 3. The molecule has 0 radical (unpaired) electrons. The molecule has 2 amide bonds. The zero-order valence-corrected chi connectivity index (χ0v) is 12.9. The van der Waals surface area contributed by atoms with E-state index >= 15 is 0 Å². The standard InChI is InChI=1S/C15H17N3O6/c1-8-2-3-10-11(4-8)24-14(21)7-18(10)6-13(20)17-9(15(22)23)5-12(16)19/h2-4,9H,5-7H2,1H3,(H2,16,19)(H,17,20)(H,22,23). The number of nitrogens with zero attached hydrogens (tertiary/aromatic N) is 1. The lowest BCUT2D eigenvalue weighted by molar-refractivity contribution is -0.143. The second-order valence-electron chi connectivity index (χ2n) is 5.43. The Bertz CT molecular complexity index is 702. The molecule has 1 aromatic carbocycles. The number of benzene rings is 1. The Kier molecular flexibility index (Phi) is 5.02. The minimum absolute atomic E-state index is 0.142. The van der Waals surface area contributed by atoms with Crippen LogP contribution in [0.1, 0.15) is 12.0 Å². The highest BCUT2D eigenvalue weighted by molar-refractivity contribution is 5.92. The number of carbonyl (C=O) groups excluding carboxylic acids is 3. The fraction of sp³-hybridized carbons (Fsp3) is 0.333. The lowest BCUT2D eigenvalue weighted by atomic mass is 10.1. The van der Waals surface area contributed by atoms with Crippen molar-refractivity contribution in [3.63, 3.8) is 0 Å². The third-order valence-corrected chi connectivity index (χ3v) is 3.37. The summed E-state index contributed by atoms with van der Waals surface area (Å²) in [6.45, 7) is 1.44. The van der Waals surface area contributed by atoms with E-state index in [4.69, 9.17) is 15.6 Å². The highest BCUT2D eigenvalue weighted by Gasteiger charge is 2.28. The molecule has 0 saturated heterocycles. The molecule has 1 atom stereocenters. The third-order valence-electron chi connectivity index (χ3n) is 3.37. The van der Waals surface area contributed by atoms with Crippen LogP contribution in [0, 0.1) is 6.92 Å². The SMILES string of the molecule is Cc1ccc2c(c1)OC(=O)CN2CC(=O)NC(CC(N)=O)C(=O)O. The molecule has 128 valence electrons. The molecule has 1 unspecified atom stereocenters. The topological polar surface area (TPSA) is 139 Å². The molecular formula is C15H17N3O6. The van der Waals surface area contributed by atoms with Gasteiger partial charge in [0.1, 0.15) is 12.6 Å². The van der Waals surface area contributed by atoms with Crippen molar-refractivity contribution in [1.29, 1.82) is 0 Å². The van der Waals surface area contributed by atoms with Gasteiger partial charge in [-0.15, -0.1) is 0 Å². The van der Waals surface area contributed by atoms with Gasteiger partial charge in [0.25, 0.3) is 0 Å². The highest BCUT2D eigenvalue weighted by atomic mass is 16.5. The number of fused-ring (bicyclic) bond motifs is 1. The number of carboxylic acids is 1. The monoisotopic (exact) mass is 335 g/mol. The number of nitrogens with two attached hydrogens (primary N) is 1. The first kappa shape index (κ1) is 17.3. The number of anilines is 1. The first-order valence-electron chi connectivity index (χ1n) is 7.13. The smallest absolute Gasteiger partial charge is 0.331 e. The van der Waals surface area contributed by atoms with Gasteiger partial charge in [-0.2, -0.15) is 0 Å². The van der Waals surface area contributed by atoms with Gasteiger partial charge in [0.15, 0.2) is 5.75 Å². The van der Waals surface area contributed by atoms with Crippen molar-refractivity contribution >= 4 is 29.4 Å². The normalized spacial score (nSPS) is 14.4. The zero-order chi connectivity index (χ0) is 17.9. The summed E-state index contributed by atoms with van der Waals surface area (Å²) in [5.74, 6) is -3.04. The number of carboxylic acid groups (broad SMARTS) is 1. The van der Waals surface area contributed by atoms with Crippen molar-refractivity contribution in [3.8, 4) is 5.75 Å². The Hall–Kier alpha value is -3.10. The Labute approximate surface area is 137 Å². The summed E-state index contributed by atoms with van der Waals surface area (Å²) < 4.78 is 5.13. The van der Waals surface area contributed by atoms with Crippen LogP contribution >= 0.6 is 0 Å². The molecule has 1 aromatic rings. The Morgan fingerprint density at radius 3 is 2.75 bits per heavy atom. The van der Waals surface area contributed by atoms with E-state index in [0.29, 0.717) is 11.4 Å². The average Bonchev–Trinajstić information content (AvgIpc) is 2.45. The summed E-state index contributed by atoms with van der Waals surface area (Å²) in [4.78, 5) is 47.1. The fourth-order valence-electron chi connectivity index (χ4n) is 2.32. The summed E-state index contributed by atoms with van der Waals surface area (Å²) in [6.07, 6.45) is -0.515. The van der Waals surface area contributed by atoms with Crippen molar-refractivity contribution in [2.75, 3.05) is 18.0 Å². The predicted molar refractivity (Wildman–Crippen MR) is 82.4 cm³/mol. The molecule has 24 heavy (non-hydrogen) atoms. The molecule has 0 spiro atoms. The van der Waals surface area contributed by atoms with Crippen LogP contribution in [0.3, 0.4) is 0 Å². The summed E-state index contributed by atoms with van der Waals surface area (Å²) in [5.41, 5.74) is 6.40. The Balaban J connectivity index is 2.10. The number of aryl methyl sites for hydroxylation is 1. The first-order valence-corrected chi connectivity index (χ1v) is 7.13. The molecule has 2 rings (SSSR count). The molecule has 0 aliphatic carbocycles. The number of amides is 2. The van der Waals surface area contributed by atoms with Crippen molar-refractivity contribution in [1.82, 2.24) is 5.32 Å². The number of aliphatic carboxylic acids is 1. The first-order chi connectivity index (χ1) is 11.3. The zero-order valence-electron chi connectivity index (χ0n) is 12.9. The molecule has 1 aliphatic heterocycles. The van der Waals surface area contributed by atoms with Crippen LogP contribution in [0.5, 0.6) is 5.75 Å². The quantitative estimate of drug-likeness (QED) is 0.455. The van der Waals surface area contributed by atoms with Gasteiger partial charge in [0.05, 0.1) is 18.7 Å². The van der Waals surface area contributed by atoms with Gasteiger partial charge in [-0.05, 0) is 24.6 Å². The third kappa shape index (κ3) is 4.22. The van der Waals surface area contributed by atoms with Gasteiger partial charge < -0.3 is 25.8 Å². The van der Waals surface area contributed by atoms with Crippen LogP contribution in [-0.2, 0) is 19.2 Å². The van der Waals surface area contributed by atoms with E-state index in [1.54, 1.807) is 18.2 Å². The lowest BCUT2D eigenvalue weighted by Crippen LogP contribution is -2.49. The number of nitrogens with one attached hydrogen (secondary N) is 1. The molecule has 0 fully saturated rings. The maximum atomic E-state index is 12.1. The fourth-order valence-corrected chi connectivity index (χ4v) is 2.32. The average molecular weight is 335 g/mol. The van der Waals surface area contributed by atoms with Crippen molar-refractivity contribution < 1.29 is 29.0 Å². The van der Waals surface area contributed by atoms with E-state index in [9.17, 15) is 19.2 Å². The van der Waals surface area contributed by atoms with Crippen molar-refractivity contribution in [3.05, 3.63) is 23.8 Å². The number of esters is 1. The van der Waals surface area contributed by atoms with E-state index in [2.05, 4.69) is 5.32 Å². The maximum Gasteiger partial charge on any atom is 0.331 e. The van der Waals surface area contributed by atoms with E-state index < -0.39 is 36.2 Å². The second kappa shape index (κ2) is 6.99. The minimum atomic E-state index is -1.41. The molecule has 0 bridgehead atoms. The summed E-state index contributed by atoms with van der Waals surface area (Å²) in [6, 6.07) is 3.77. The van der Waals surface area contributed by atoms with Crippen LogP contribution in [0.2, 0.25) is 0 Å². The Morgan fingerprint density at radius 2 is 2.12 bits per heavy atom. The van der Waals surface area contributed by atoms with Gasteiger partial charge in [-0.1, -0.05) is 6.07 Å². The minimum Gasteiger partial charge on any atom is -0.480 e. The van der Waals surface area contributed by atoms with E-state index in [1.807, 2.05) is 6.92 Å². The summed E-state index contributed by atoms with van der Waals surface area (Å²) in [7, 11) is 0. The molecule has 9 heteroatoms. The van der Waals surface area contributed by atoms with E-state index in [-0.39, 0.29) is 13.1 Å². The van der Waals surface area contributed by atoms with Crippen LogP contribution in [0.25, 0.3) is 0 Å². The van der Waals surface area contributed by atoms with E-state index in [1.165, 1.54) is 4.90 Å². The maximum absolute atomic E-state index is 12.1. The molecule has 0 saturated carbocycles. The van der Waals surface area contributed by atoms with Crippen LogP contribution < -0.4 is 20.7 Å². The number of rotatable bonds is 6. The molecular weight excluding hydrogens is 318 g/mol. The van der Waals surface area contributed by atoms with Crippen molar-refractivity contribution in [2.45, 2.75) is 19.4 Å². The molecule has 0 aromatic heterocycles. The summed E-state index contributed by atoms with van der Waals surface area (Å²) in [5, 5.41) is 11.2. The number of primary amides is 1. The molecule has 9 nitrogen and oxygen atoms in total. The lowest BCUT2D eigenvalue weighted by Gasteiger charge is -2.29.